The lowest BCUT2D eigenvalue weighted by Gasteiger charge is -2.38. The van der Waals surface area contributed by atoms with Crippen LogP contribution in [0.2, 0.25) is 0 Å². The smallest absolute Gasteiger partial charge is 0.328 e. The molecule has 196 valence electrons. The van der Waals surface area contributed by atoms with Crippen LogP contribution in [0.5, 0.6) is 11.5 Å². The van der Waals surface area contributed by atoms with E-state index in [9.17, 15) is 14.0 Å². The third-order valence-electron chi connectivity index (χ3n) is 6.55. The molecule has 1 amide bonds. The zero-order chi connectivity index (χ0) is 26.2. The van der Waals surface area contributed by atoms with Gasteiger partial charge in [0.15, 0.2) is 24.0 Å². The summed E-state index contributed by atoms with van der Waals surface area (Å²) < 4.78 is 35.6. The Labute approximate surface area is 211 Å². The van der Waals surface area contributed by atoms with Crippen LogP contribution in [0.25, 0.3) is 0 Å². The molecule has 36 heavy (non-hydrogen) atoms. The van der Waals surface area contributed by atoms with Gasteiger partial charge in [-0.25, -0.2) is 14.2 Å². The first kappa shape index (κ1) is 27.4. The fourth-order valence-electron chi connectivity index (χ4n) is 4.46. The largest absolute Gasteiger partial charge is 0.493 e. The fourth-order valence-corrected chi connectivity index (χ4v) is 4.46. The molecule has 3 atom stereocenters. The summed E-state index contributed by atoms with van der Waals surface area (Å²) in [6.07, 6.45) is 4.14. The molecule has 1 saturated carbocycles. The van der Waals surface area contributed by atoms with Gasteiger partial charge in [0, 0.05) is 24.8 Å². The van der Waals surface area contributed by atoms with Crippen molar-refractivity contribution in [2.75, 3.05) is 20.5 Å². The molecule has 0 bridgehead atoms. The van der Waals surface area contributed by atoms with Crippen LogP contribution >= 0.6 is 0 Å². The summed E-state index contributed by atoms with van der Waals surface area (Å²) >= 11 is 0. The van der Waals surface area contributed by atoms with Crippen molar-refractivity contribution < 1.29 is 32.9 Å². The van der Waals surface area contributed by atoms with Crippen LogP contribution in [-0.2, 0) is 14.3 Å². The molecule has 0 aliphatic heterocycles. The molecule has 9 heteroatoms. The van der Waals surface area contributed by atoms with Crippen molar-refractivity contribution in [2.24, 2.45) is 5.92 Å². The number of benzene rings is 1. The van der Waals surface area contributed by atoms with Crippen molar-refractivity contribution in [1.82, 2.24) is 10.3 Å². The number of nitrogens with one attached hydrogen (secondary N) is 1. The van der Waals surface area contributed by atoms with Crippen LogP contribution in [0.1, 0.15) is 67.6 Å². The molecular weight excluding hydrogens is 467 g/mol. The molecule has 2 aromatic rings. The Balaban J connectivity index is 1.70. The molecule has 0 radical (unpaired) electrons. The highest BCUT2D eigenvalue weighted by Gasteiger charge is 2.36. The number of aryl methyl sites for hydroxylation is 1. The molecule has 1 aromatic carbocycles. The van der Waals surface area contributed by atoms with Gasteiger partial charge in [-0.3, -0.25) is 4.79 Å². The van der Waals surface area contributed by atoms with Crippen LogP contribution in [0.3, 0.4) is 0 Å². The highest BCUT2D eigenvalue weighted by Crippen LogP contribution is 2.43. The number of carbonyl (C=O) groups is 2. The summed E-state index contributed by atoms with van der Waals surface area (Å²) in [4.78, 5) is 30.0. The zero-order valence-electron chi connectivity index (χ0n) is 21.5. The average Bonchev–Trinajstić information content (AvgIpc) is 2.81. The number of hydrogen-bond donors (Lipinski definition) is 1. The first-order valence-electron chi connectivity index (χ1n) is 12.3. The minimum atomic E-state index is -0.941. The Kier molecular flexibility index (Phi) is 9.64. The topological polar surface area (TPSA) is 96.0 Å². The SMILES string of the molecule is CCOCOc1c(OC)ccnc1C(=O)N[C@@H](C)C(=O)O[C@@H](C)[C@H](c1ccc(F)cc1C)C1CCC1. The quantitative estimate of drug-likeness (QED) is 0.259. The van der Waals surface area contributed by atoms with Crippen molar-refractivity contribution in [3.8, 4) is 11.5 Å². The predicted octanol–water partition coefficient (Wildman–Crippen LogP) is 4.54. The second-order valence-electron chi connectivity index (χ2n) is 9.00. The molecular formula is C27H35FN2O6. The predicted molar refractivity (Wildman–Crippen MR) is 132 cm³/mol. The van der Waals surface area contributed by atoms with Crippen LogP contribution in [-0.4, -0.2) is 49.5 Å². The van der Waals surface area contributed by atoms with Crippen molar-refractivity contribution in [3.63, 3.8) is 0 Å². The van der Waals surface area contributed by atoms with Crippen LogP contribution in [0, 0.1) is 18.7 Å². The van der Waals surface area contributed by atoms with Gasteiger partial charge in [-0.15, -0.1) is 0 Å². The van der Waals surface area contributed by atoms with E-state index in [1.807, 2.05) is 20.8 Å². The van der Waals surface area contributed by atoms with Gasteiger partial charge in [0.25, 0.3) is 5.91 Å². The van der Waals surface area contributed by atoms with Gasteiger partial charge in [-0.2, -0.15) is 0 Å². The molecule has 1 aliphatic carbocycles. The number of hydrogen-bond acceptors (Lipinski definition) is 7. The highest BCUT2D eigenvalue weighted by atomic mass is 19.1. The van der Waals surface area contributed by atoms with E-state index in [2.05, 4.69) is 10.3 Å². The monoisotopic (exact) mass is 502 g/mol. The Morgan fingerprint density at radius 1 is 1.22 bits per heavy atom. The Morgan fingerprint density at radius 3 is 2.58 bits per heavy atom. The van der Waals surface area contributed by atoms with E-state index >= 15 is 0 Å². The first-order chi connectivity index (χ1) is 17.3. The van der Waals surface area contributed by atoms with Gasteiger partial charge >= 0.3 is 5.97 Å². The zero-order valence-corrected chi connectivity index (χ0v) is 21.5. The Bertz CT molecular complexity index is 1060. The number of nitrogens with zero attached hydrogens (tertiary/aromatic N) is 1. The number of ether oxygens (including phenoxy) is 4. The summed E-state index contributed by atoms with van der Waals surface area (Å²) in [7, 11) is 1.45. The minimum Gasteiger partial charge on any atom is -0.493 e. The van der Waals surface area contributed by atoms with Crippen molar-refractivity contribution in [3.05, 3.63) is 53.1 Å². The molecule has 0 unspecified atom stereocenters. The molecule has 1 heterocycles. The van der Waals surface area contributed by atoms with E-state index in [0.717, 1.165) is 30.4 Å². The molecule has 1 aromatic heterocycles. The van der Waals surface area contributed by atoms with Crippen molar-refractivity contribution in [2.45, 2.75) is 65.0 Å². The summed E-state index contributed by atoms with van der Waals surface area (Å²) in [6, 6.07) is 5.35. The number of halogens is 1. The van der Waals surface area contributed by atoms with Crippen LogP contribution in [0.4, 0.5) is 4.39 Å². The summed E-state index contributed by atoms with van der Waals surface area (Å²) in [5.74, 6) is -0.728. The van der Waals surface area contributed by atoms with E-state index in [1.165, 1.54) is 25.4 Å². The molecule has 0 spiro atoms. The number of amides is 1. The van der Waals surface area contributed by atoms with E-state index in [-0.39, 0.29) is 30.0 Å². The third-order valence-corrected chi connectivity index (χ3v) is 6.55. The molecule has 3 rings (SSSR count). The number of esters is 1. The van der Waals surface area contributed by atoms with Gasteiger partial charge in [0.05, 0.1) is 7.11 Å². The molecule has 1 N–H and O–H groups in total. The van der Waals surface area contributed by atoms with E-state index in [1.54, 1.807) is 19.1 Å². The Hall–Kier alpha value is -3.20. The summed E-state index contributed by atoms with van der Waals surface area (Å²) in [5.41, 5.74) is 1.78. The maximum atomic E-state index is 13.7. The lowest BCUT2D eigenvalue weighted by molar-refractivity contribution is -0.152. The maximum absolute atomic E-state index is 13.7. The number of rotatable bonds is 12. The van der Waals surface area contributed by atoms with E-state index in [4.69, 9.17) is 18.9 Å². The fraction of sp³-hybridized carbons (Fsp3) is 0.519. The van der Waals surface area contributed by atoms with Gasteiger partial charge in [0.1, 0.15) is 18.0 Å². The van der Waals surface area contributed by atoms with Gasteiger partial charge in [0.2, 0.25) is 0 Å². The molecule has 1 fully saturated rings. The summed E-state index contributed by atoms with van der Waals surface area (Å²) in [5, 5.41) is 2.64. The third kappa shape index (κ3) is 6.51. The lowest BCUT2D eigenvalue weighted by atomic mass is 9.70. The second-order valence-corrected chi connectivity index (χ2v) is 9.00. The van der Waals surface area contributed by atoms with E-state index < -0.39 is 24.0 Å². The average molecular weight is 503 g/mol. The molecule has 8 nitrogen and oxygen atoms in total. The highest BCUT2D eigenvalue weighted by molar-refractivity contribution is 5.98. The van der Waals surface area contributed by atoms with E-state index in [0.29, 0.717) is 18.3 Å². The number of carbonyl (C=O) groups excluding carboxylic acids is 2. The van der Waals surface area contributed by atoms with Gasteiger partial charge in [-0.05, 0) is 69.7 Å². The molecule has 1 aliphatic rings. The lowest BCUT2D eigenvalue weighted by Crippen LogP contribution is -2.42. The van der Waals surface area contributed by atoms with Gasteiger partial charge < -0.3 is 24.3 Å². The molecule has 0 saturated heterocycles. The Morgan fingerprint density at radius 2 is 1.97 bits per heavy atom. The normalized spacial score (nSPS) is 15.8. The first-order valence-corrected chi connectivity index (χ1v) is 12.3. The van der Waals surface area contributed by atoms with Crippen molar-refractivity contribution in [1.29, 1.82) is 0 Å². The van der Waals surface area contributed by atoms with Crippen LogP contribution in [0.15, 0.2) is 30.5 Å². The minimum absolute atomic E-state index is 0.0315. The van der Waals surface area contributed by atoms with Crippen molar-refractivity contribution >= 4 is 11.9 Å². The summed E-state index contributed by atoms with van der Waals surface area (Å²) in [6.45, 7) is 7.44. The number of aromatic nitrogens is 1. The number of methoxy groups -OCH3 is 1. The van der Waals surface area contributed by atoms with Gasteiger partial charge in [-0.1, -0.05) is 12.5 Å². The standard InChI is InChI=1S/C27H35FN2O6/c1-6-34-15-35-25-22(33-5)12-13-29-24(25)26(31)30-17(3)27(32)36-18(4)23(19-8-7-9-19)21-11-10-20(28)14-16(21)2/h10-14,17-19,23H,6-9,15H2,1-5H3,(H,30,31)/t17-,18-,23-/m0/s1. The maximum Gasteiger partial charge on any atom is 0.328 e. The second kappa shape index (κ2) is 12.7. The number of pyridine rings is 1. The van der Waals surface area contributed by atoms with Crippen LogP contribution < -0.4 is 14.8 Å².